The molecule has 0 radical (unpaired) electrons. The molecule has 4 rings (SSSR count). The van der Waals surface area contributed by atoms with Crippen LogP contribution in [0.15, 0.2) is 36.4 Å². The van der Waals surface area contributed by atoms with E-state index in [1.54, 1.807) is 28.2 Å². The average Bonchev–Trinajstić information content (AvgIpc) is 3.14. The Morgan fingerprint density at radius 2 is 1.26 bits per heavy atom. The van der Waals surface area contributed by atoms with Gasteiger partial charge in [-0.05, 0) is 47.7 Å². The van der Waals surface area contributed by atoms with E-state index in [9.17, 15) is 19.2 Å². The molecule has 0 aliphatic heterocycles. The Labute approximate surface area is 205 Å². The zero-order chi connectivity index (χ0) is 25.6. The maximum absolute atomic E-state index is 13.5. The average molecular weight is 477 g/mol. The lowest BCUT2D eigenvalue weighted by Gasteiger charge is -2.49. The van der Waals surface area contributed by atoms with E-state index in [4.69, 9.17) is 0 Å². The molecule has 2 atom stereocenters. The van der Waals surface area contributed by atoms with E-state index < -0.39 is 35.5 Å². The molecule has 4 amide bonds. The maximum Gasteiger partial charge on any atom is 0.229 e. The van der Waals surface area contributed by atoms with Crippen LogP contribution in [0.4, 0.5) is 5.69 Å². The van der Waals surface area contributed by atoms with Gasteiger partial charge in [0.05, 0.1) is 23.7 Å². The first-order chi connectivity index (χ1) is 16.5. The second kappa shape index (κ2) is 9.17. The molecule has 8 nitrogen and oxygen atoms in total. The molecule has 0 aromatic heterocycles. The minimum atomic E-state index is -0.949. The number of benzene rings is 2. The molecule has 0 heterocycles. The Morgan fingerprint density at radius 3 is 1.80 bits per heavy atom. The van der Waals surface area contributed by atoms with Crippen LogP contribution in [0.3, 0.4) is 0 Å². The van der Waals surface area contributed by atoms with Crippen LogP contribution in [-0.2, 0) is 25.6 Å². The van der Waals surface area contributed by atoms with Crippen molar-refractivity contribution in [3.8, 4) is 11.1 Å². The van der Waals surface area contributed by atoms with Gasteiger partial charge in [0.2, 0.25) is 23.6 Å². The predicted octanol–water partition coefficient (Wildman–Crippen LogP) is 1.91. The number of carbonyl (C=O) groups is 4. The number of aryl methyl sites for hydroxylation is 1. The van der Waals surface area contributed by atoms with Crippen LogP contribution in [0.5, 0.6) is 0 Å². The zero-order valence-electron chi connectivity index (χ0n) is 21.0. The van der Waals surface area contributed by atoms with Gasteiger partial charge < -0.3 is 20.4 Å². The smallest absolute Gasteiger partial charge is 0.229 e. The standard InChI is InChI=1S/C27H32N4O4/c1-14-7-9-18-15(11-14)12-16-13-17(8-10-19(16)18)29-25(33)21-22(26(34)30(3)4)20(24(32)28-2)23(21)27(35)31(5)6/h7-11,13,20-23H,12H2,1-6H3,(H,28,32)(H,29,33). The third-order valence-electron chi connectivity index (χ3n) is 7.16. The third-order valence-corrected chi connectivity index (χ3v) is 7.16. The lowest BCUT2D eigenvalue weighted by atomic mass is 9.54. The van der Waals surface area contributed by atoms with Crippen molar-refractivity contribution < 1.29 is 19.2 Å². The van der Waals surface area contributed by atoms with Gasteiger partial charge in [0.25, 0.3) is 0 Å². The van der Waals surface area contributed by atoms with Crippen LogP contribution in [0, 0.1) is 30.6 Å². The van der Waals surface area contributed by atoms with Gasteiger partial charge in [-0.15, -0.1) is 0 Å². The number of carbonyl (C=O) groups excluding carboxylic acids is 4. The van der Waals surface area contributed by atoms with Gasteiger partial charge in [0, 0.05) is 40.9 Å². The fraction of sp³-hybridized carbons (Fsp3) is 0.407. The highest BCUT2D eigenvalue weighted by Crippen LogP contribution is 2.49. The number of anilines is 1. The number of fused-ring (bicyclic) bond motifs is 3. The molecule has 2 aliphatic carbocycles. The SMILES string of the molecule is CNC(=O)C1C(C(=O)N(C)C)C(C(=O)Nc2ccc3c(c2)Cc2cc(C)ccc2-3)C1C(=O)N(C)C. The maximum atomic E-state index is 13.5. The molecule has 2 unspecified atom stereocenters. The molecule has 2 N–H and O–H groups in total. The van der Waals surface area contributed by atoms with Crippen LogP contribution in [0.2, 0.25) is 0 Å². The summed E-state index contributed by atoms with van der Waals surface area (Å²) in [5.41, 5.74) is 6.51. The van der Waals surface area contributed by atoms with Gasteiger partial charge in [0.1, 0.15) is 0 Å². The van der Waals surface area contributed by atoms with Crippen molar-refractivity contribution in [2.24, 2.45) is 23.7 Å². The minimum absolute atomic E-state index is 0.346. The highest BCUT2D eigenvalue weighted by Gasteiger charge is 2.63. The number of nitrogens with one attached hydrogen (secondary N) is 2. The van der Waals surface area contributed by atoms with Crippen molar-refractivity contribution in [2.75, 3.05) is 40.6 Å². The molecular formula is C27H32N4O4. The van der Waals surface area contributed by atoms with Crippen LogP contribution in [0.1, 0.15) is 16.7 Å². The number of rotatable bonds is 5. The third kappa shape index (κ3) is 4.17. The van der Waals surface area contributed by atoms with Crippen molar-refractivity contribution in [3.05, 3.63) is 53.1 Å². The molecule has 2 aromatic carbocycles. The van der Waals surface area contributed by atoms with Crippen molar-refractivity contribution in [1.29, 1.82) is 0 Å². The molecule has 8 heteroatoms. The van der Waals surface area contributed by atoms with Crippen LogP contribution in [-0.4, -0.2) is 68.7 Å². The Bertz CT molecular complexity index is 1190. The molecule has 184 valence electrons. The van der Waals surface area contributed by atoms with E-state index in [0.29, 0.717) is 5.69 Å². The normalized spacial score (nSPS) is 21.8. The Morgan fingerprint density at radius 1 is 0.743 bits per heavy atom. The highest BCUT2D eigenvalue weighted by atomic mass is 16.2. The van der Waals surface area contributed by atoms with Gasteiger partial charge >= 0.3 is 0 Å². The van der Waals surface area contributed by atoms with Gasteiger partial charge in [-0.1, -0.05) is 29.8 Å². The number of nitrogens with zero attached hydrogens (tertiary/aromatic N) is 2. The topological polar surface area (TPSA) is 98.8 Å². The first-order valence-corrected chi connectivity index (χ1v) is 11.7. The molecule has 2 aliphatic rings. The summed E-state index contributed by atoms with van der Waals surface area (Å²) in [6, 6.07) is 12.2. The number of hydrogen-bond acceptors (Lipinski definition) is 4. The van der Waals surface area contributed by atoms with Crippen LogP contribution >= 0.6 is 0 Å². The minimum Gasteiger partial charge on any atom is -0.359 e. The molecule has 2 aromatic rings. The summed E-state index contributed by atoms with van der Waals surface area (Å²) < 4.78 is 0. The number of amides is 4. The molecule has 0 spiro atoms. The van der Waals surface area contributed by atoms with Crippen LogP contribution < -0.4 is 10.6 Å². The van der Waals surface area contributed by atoms with Gasteiger partial charge in [0.15, 0.2) is 0 Å². The summed E-state index contributed by atoms with van der Waals surface area (Å²) in [5.74, 6) is -5.23. The Balaban J connectivity index is 1.63. The fourth-order valence-electron chi connectivity index (χ4n) is 5.42. The summed E-state index contributed by atoms with van der Waals surface area (Å²) in [4.78, 5) is 54.9. The van der Waals surface area contributed by atoms with E-state index in [1.807, 2.05) is 18.2 Å². The van der Waals surface area contributed by atoms with Crippen molar-refractivity contribution in [3.63, 3.8) is 0 Å². The van der Waals surface area contributed by atoms with Crippen molar-refractivity contribution >= 4 is 29.3 Å². The molecule has 1 saturated carbocycles. The molecule has 0 saturated heterocycles. The van der Waals surface area contributed by atoms with E-state index in [2.05, 4.69) is 35.8 Å². The molecular weight excluding hydrogens is 444 g/mol. The monoisotopic (exact) mass is 476 g/mol. The number of hydrogen-bond donors (Lipinski definition) is 2. The molecule has 1 fully saturated rings. The van der Waals surface area contributed by atoms with E-state index in [1.165, 1.54) is 33.5 Å². The van der Waals surface area contributed by atoms with Gasteiger partial charge in [-0.2, -0.15) is 0 Å². The quantitative estimate of drug-likeness (QED) is 0.588. The van der Waals surface area contributed by atoms with Crippen molar-refractivity contribution in [2.45, 2.75) is 13.3 Å². The first-order valence-electron chi connectivity index (χ1n) is 11.7. The second-order valence-electron chi connectivity index (χ2n) is 9.88. The highest BCUT2D eigenvalue weighted by molar-refractivity contribution is 6.05. The lowest BCUT2D eigenvalue weighted by molar-refractivity contribution is -0.172. The molecule has 35 heavy (non-hydrogen) atoms. The summed E-state index contributed by atoms with van der Waals surface area (Å²) in [6.45, 7) is 2.07. The summed E-state index contributed by atoms with van der Waals surface area (Å²) in [7, 11) is 7.80. The fourth-order valence-corrected chi connectivity index (χ4v) is 5.42. The Kier molecular flexibility index (Phi) is 6.40. The van der Waals surface area contributed by atoms with E-state index in [-0.39, 0.29) is 11.8 Å². The largest absolute Gasteiger partial charge is 0.359 e. The van der Waals surface area contributed by atoms with Crippen LogP contribution in [0.25, 0.3) is 11.1 Å². The van der Waals surface area contributed by atoms with Gasteiger partial charge in [-0.3, -0.25) is 19.2 Å². The first kappa shape index (κ1) is 24.4. The predicted molar refractivity (Wildman–Crippen MR) is 133 cm³/mol. The van der Waals surface area contributed by atoms with Gasteiger partial charge in [-0.25, -0.2) is 0 Å². The Hall–Kier alpha value is -3.68. The van der Waals surface area contributed by atoms with E-state index >= 15 is 0 Å². The van der Waals surface area contributed by atoms with Crippen molar-refractivity contribution in [1.82, 2.24) is 15.1 Å². The second-order valence-corrected chi connectivity index (χ2v) is 9.88. The summed E-state index contributed by atoms with van der Waals surface area (Å²) >= 11 is 0. The summed E-state index contributed by atoms with van der Waals surface area (Å²) in [6.07, 6.45) is 0.779. The summed E-state index contributed by atoms with van der Waals surface area (Å²) in [5, 5.41) is 5.48. The molecule has 0 bridgehead atoms. The lowest BCUT2D eigenvalue weighted by Crippen LogP contribution is -2.65. The van der Waals surface area contributed by atoms with E-state index in [0.717, 1.165) is 17.5 Å². The zero-order valence-corrected chi connectivity index (χ0v) is 21.0.